The molecule has 1 aromatic carbocycles. The van der Waals surface area contributed by atoms with E-state index in [0.717, 1.165) is 24.2 Å². The van der Waals surface area contributed by atoms with Gasteiger partial charge in [-0.2, -0.15) is 0 Å². The Bertz CT molecular complexity index is 604. The van der Waals surface area contributed by atoms with Crippen LogP contribution in [-0.2, 0) is 4.79 Å². The molecule has 2 atom stereocenters. The minimum absolute atomic E-state index is 0.00414. The number of carbonyl (C=O) groups excluding carboxylic acids is 1. The van der Waals surface area contributed by atoms with Crippen LogP contribution in [0.5, 0.6) is 0 Å². The van der Waals surface area contributed by atoms with Crippen LogP contribution in [0.4, 0.5) is 0 Å². The van der Waals surface area contributed by atoms with Gasteiger partial charge in [0.1, 0.15) is 0 Å². The van der Waals surface area contributed by atoms with Crippen molar-refractivity contribution in [3.8, 4) is 0 Å². The van der Waals surface area contributed by atoms with Crippen molar-refractivity contribution in [2.45, 2.75) is 50.7 Å². The molecule has 1 aliphatic carbocycles. The molecule has 0 saturated heterocycles. The summed E-state index contributed by atoms with van der Waals surface area (Å²) in [6.45, 7) is 1.96. The number of hydrogen-bond acceptors (Lipinski definition) is 2. The van der Waals surface area contributed by atoms with E-state index in [4.69, 9.17) is 4.42 Å². The Morgan fingerprint density at radius 1 is 1.17 bits per heavy atom. The fraction of sp³-hybridized carbons (Fsp3) is 0.421. The fourth-order valence-electron chi connectivity index (χ4n) is 3.28. The lowest BCUT2D eigenvalue weighted by atomic mass is 10.0. The highest BCUT2D eigenvalue weighted by Crippen LogP contribution is 2.19. The summed E-state index contributed by atoms with van der Waals surface area (Å²) in [6, 6.07) is 14.2. The van der Waals surface area contributed by atoms with E-state index in [1.54, 1.807) is 6.26 Å². The van der Waals surface area contributed by atoms with E-state index in [0.29, 0.717) is 6.04 Å². The van der Waals surface area contributed by atoms with Crippen molar-refractivity contribution in [1.82, 2.24) is 5.32 Å². The third-order valence-corrected chi connectivity index (χ3v) is 4.60. The third kappa shape index (κ3) is 4.02. The van der Waals surface area contributed by atoms with Crippen molar-refractivity contribution in [3.05, 3.63) is 60.1 Å². The van der Waals surface area contributed by atoms with E-state index in [2.05, 4.69) is 22.8 Å². The Hall–Kier alpha value is -2.07. The quantitative estimate of drug-likeness (QED) is 0.860. The molecule has 4 heteroatoms. The highest BCUT2D eigenvalue weighted by atomic mass is 16.3. The number of carbonyl (C=O) groups is 1. The van der Waals surface area contributed by atoms with Crippen LogP contribution >= 0.6 is 0 Å². The number of nitrogens with one attached hydrogen (secondary N) is 1. The zero-order chi connectivity index (χ0) is 16.1. The van der Waals surface area contributed by atoms with Crippen LogP contribution in [0.2, 0.25) is 0 Å². The Labute approximate surface area is 137 Å². The lowest BCUT2D eigenvalue weighted by molar-refractivity contribution is -0.706. The topological polar surface area (TPSA) is 58.9 Å². The molecule has 3 N–H and O–H groups in total. The van der Waals surface area contributed by atoms with Crippen molar-refractivity contribution in [3.63, 3.8) is 0 Å². The number of quaternary nitrogens is 1. The summed E-state index contributed by atoms with van der Waals surface area (Å²) in [7, 11) is 0. The minimum Gasteiger partial charge on any atom is -0.463 e. The van der Waals surface area contributed by atoms with E-state index < -0.39 is 0 Å². The van der Waals surface area contributed by atoms with Gasteiger partial charge in [-0.15, -0.1) is 0 Å². The lowest BCUT2D eigenvalue weighted by Gasteiger charge is -2.20. The van der Waals surface area contributed by atoms with E-state index in [1.807, 2.05) is 37.3 Å². The van der Waals surface area contributed by atoms with E-state index in [1.165, 1.54) is 12.8 Å². The van der Waals surface area contributed by atoms with Gasteiger partial charge in [0.2, 0.25) is 0 Å². The molecule has 0 unspecified atom stereocenters. The van der Waals surface area contributed by atoms with E-state index in [-0.39, 0.29) is 18.0 Å². The Balaban J connectivity index is 1.69. The van der Waals surface area contributed by atoms with E-state index in [9.17, 15) is 4.79 Å². The van der Waals surface area contributed by atoms with Crippen molar-refractivity contribution in [2.75, 3.05) is 0 Å². The molecular weight excluding hydrogens is 288 g/mol. The van der Waals surface area contributed by atoms with Gasteiger partial charge in [0.15, 0.2) is 17.8 Å². The van der Waals surface area contributed by atoms with Crippen LogP contribution in [-0.4, -0.2) is 18.0 Å². The molecule has 1 heterocycles. The number of benzene rings is 1. The second-order valence-electron chi connectivity index (χ2n) is 6.37. The molecule has 1 aromatic heterocycles. The van der Waals surface area contributed by atoms with Gasteiger partial charge in [0.25, 0.3) is 5.91 Å². The zero-order valence-corrected chi connectivity index (χ0v) is 13.6. The maximum absolute atomic E-state index is 12.5. The molecular formula is C19H25N2O2+. The largest absolute Gasteiger partial charge is 0.463 e. The summed E-state index contributed by atoms with van der Waals surface area (Å²) < 4.78 is 5.60. The van der Waals surface area contributed by atoms with Crippen LogP contribution < -0.4 is 10.6 Å². The molecule has 122 valence electrons. The first kappa shape index (κ1) is 15.8. The molecule has 1 saturated carbocycles. The molecule has 1 fully saturated rings. The summed E-state index contributed by atoms with van der Waals surface area (Å²) in [5.74, 6) is 0.987. The number of amides is 1. The molecule has 4 nitrogen and oxygen atoms in total. The van der Waals surface area contributed by atoms with Crippen LogP contribution in [0.25, 0.3) is 0 Å². The van der Waals surface area contributed by atoms with Crippen LogP contribution in [0.3, 0.4) is 0 Å². The van der Waals surface area contributed by atoms with Gasteiger partial charge in [-0.3, -0.25) is 4.79 Å². The minimum atomic E-state index is -0.161. The van der Waals surface area contributed by atoms with Gasteiger partial charge in [-0.1, -0.05) is 43.2 Å². The van der Waals surface area contributed by atoms with Gasteiger partial charge < -0.3 is 15.1 Å². The van der Waals surface area contributed by atoms with Crippen LogP contribution in [0.15, 0.2) is 53.1 Å². The molecule has 2 aromatic rings. The summed E-state index contributed by atoms with van der Waals surface area (Å²) in [5.41, 5.74) is 1.14. The van der Waals surface area contributed by atoms with E-state index >= 15 is 0 Å². The molecule has 1 aliphatic rings. The molecule has 3 rings (SSSR count). The van der Waals surface area contributed by atoms with Gasteiger partial charge >= 0.3 is 0 Å². The first-order valence-corrected chi connectivity index (χ1v) is 8.48. The average Bonchev–Trinajstić information content (AvgIpc) is 3.26. The predicted molar refractivity (Wildman–Crippen MR) is 88.8 cm³/mol. The normalized spacial score (nSPS) is 17.8. The third-order valence-electron chi connectivity index (χ3n) is 4.60. The molecule has 0 bridgehead atoms. The molecule has 0 radical (unpaired) electrons. The Morgan fingerprint density at radius 2 is 1.91 bits per heavy atom. The molecule has 1 amide bonds. The van der Waals surface area contributed by atoms with Gasteiger partial charge in [-0.25, -0.2) is 0 Å². The summed E-state index contributed by atoms with van der Waals surface area (Å²) in [4.78, 5) is 12.5. The predicted octanol–water partition coefficient (Wildman–Crippen LogP) is 2.38. The first-order valence-electron chi connectivity index (χ1n) is 8.48. The Morgan fingerprint density at radius 3 is 2.57 bits per heavy atom. The second kappa shape index (κ2) is 7.47. The second-order valence-corrected chi connectivity index (χ2v) is 6.37. The van der Waals surface area contributed by atoms with Crippen LogP contribution in [0, 0.1) is 0 Å². The maximum Gasteiger partial charge on any atom is 0.278 e. The number of rotatable bonds is 6. The summed E-state index contributed by atoms with van der Waals surface area (Å²) in [6.07, 6.45) is 6.35. The van der Waals surface area contributed by atoms with Crippen molar-refractivity contribution in [2.24, 2.45) is 0 Å². The van der Waals surface area contributed by atoms with Crippen molar-refractivity contribution >= 4 is 5.91 Å². The summed E-state index contributed by atoms with van der Waals surface area (Å²) >= 11 is 0. The number of furan rings is 1. The highest BCUT2D eigenvalue weighted by molar-refractivity contribution is 5.80. The molecule has 0 aliphatic heterocycles. The van der Waals surface area contributed by atoms with Crippen molar-refractivity contribution in [1.29, 1.82) is 0 Å². The maximum atomic E-state index is 12.5. The van der Waals surface area contributed by atoms with Gasteiger partial charge in [-0.05, 0) is 31.9 Å². The fourth-order valence-corrected chi connectivity index (χ4v) is 3.28. The monoisotopic (exact) mass is 313 g/mol. The smallest absolute Gasteiger partial charge is 0.278 e. The Kier molecular flexibility index (Phi) is 5.13. The van der Waals surface area contributed by atoms with Gasteiger partial charge in [0.05, 0.1) is 6.26 Å². The number of hydrogen-bond donors (Lipinski definition) is 2. The standard InChI is InChI=1S/C19H24N2O2/c1-14(19(22)21-16-10-5-6-11-16)20-18(17-12-7-13-23-17)15-8-3-2-4-9-15/h2-4,7-9,12-14,16,18,20H,5-6,10-11H2,1H3,(H,21,22)/p+1/t14-,18-/m0/s1. The first-order chi connectivity index (χ1) is 11.2. The lowest BCUT2D eigenvalue weighted by Crippen LogP contribution is -2.92. The molecule has 23 heavy (non-hydrogen) atoms. The SMILES string of the molecule is C[C@H]([NH2+][C@@H](c1ccccc1)c1ccco1)C(=O)NC1CCCC1. The van der Waals surface area contributed by atoms with Crippen molar-refractivity contribution < 1.29 is 14.5 Å². The highest BCUT2D eigenvalue weighted by Gasteiger charge is 2.28. The zero-order valence-electron chi connectivity index (χ0n) is 13.6. The van der Waals surface area contributed by atoms with Gasteiger partial charge in [0, 0.05) is 11.6 Å². The molecule has 0 spiro atoms. The van der Waals surface area contributed by atoms with Crippen LogP contribution in [0.1, 0.15) is 50.0 Å². The average molecular weight is 313 g/mol. The summed E-state index contributed by atoms with van der Waals surface area (Å²) in [5, 5.41) is 5.26. The number of nitrogens with two attached hydrogens (primary N) is 1.